The van der Waals surface area contributed by atoms with E-state index in [2.05, 4.69) is 10.6 Å². The predicted molar refractivity (Wildman–Crippen MR) is 84.4 cm³/mol. The fourth-order valence-electron chi connectivity index (χ4n) is 4.68. The van der Waals surface area contributed by atoms with E-state index in [-0.39, 0.29) is 17.1 Å². The lowest BCUT2D eigenvalue weighted by Gasteiger charge is -2.36. The fourth-order valence-corrected chi connectivity index (χ4v) is 4.68. The number of benzene rings is 1. The monoisotopic (exact) mass is 318 g/mol. The second kappa shape index (κ2) is 5.56. The Morgan fingerprint density at radius 3 is 2.74 bits per heavy atom. The molecule has 2 heterocycles. The Morgan fingerprint density at radius 1 is 1.22 bits per heavy atom. The van der Waals surface area contributed by atoms with Crippen molar-refractivity contribution in [1.29, 1.82) is 0 Å². The van der Waals surface area contributed by atoms with Crippen LogP contribution < -0.4 is 10.6 Å². The molecular formula is C18H23FN2O2. The van der Waals surface area contributed by atoms with Crippen molar-refractivity contribution in [2.75, 3.05) is 26.2 Å². The molecule has 0 bridgehead atoms. The first kappa shape index (κ1) is 15.1. The lowest BCUT2D eigenvalue weighted by molar-refractivity contribution is -0.146. The lowest BCUT2D eigenvalue weighted by atomic mass is 9.75. The second-order valence-corrected chi connectivity index (χ2v) is 7.06. The Hall–Kier alpha value is -1.46. The van der Waals surface area contributed by atoms with Crippen molar-refractivity contribution in [3.8, 4) is 0 Å². The van der Waals surface area contributed by atoms with E-state index in [0.717, 1.165) is 25.9 Å². The molecular weight excluding hydrogens is 295 g/mol. The van der Waals surface area contributed by atoms with Gasteiger partial charge in [-0.1, -0.05) is 18.2 Å². The number of rotatable bonds is 3. The van der Waals surface area contributed by atoms with E-state index in [1.54, 1.807) is 6.07 Å². The van der Waals surface area contributed by atoms with Crippen LogP contribution in [0.15, 0.2) is 24.3 Å². The average molecular weight is 318 g/mol. The van der Waals surface area contributed by atoms with Crippen LogP contribution >= 0.6 is 0 Å². The number of morpholine rings is 1. The van der Waals surface area contributed by atoms with Crippen molar-refractivity contribution in [2.45, 2.75) is 31.3 Å². The number of carbonyl (C=O) groups is 1. The normalized spacial score (nSPS) is 34.4. The van der Waals surface area contributed by atoms with E-state index in [4.69, 9.17) is 4.74 Å². The summed E-state index contributed by atoms with van der Waals surface area (Å²) in [5.41, 5.74) is -0.304. The third-order valence-corrected chi connectivity index (χ3v) is 5.93. The van der Waals surface area contributed by atoms with Crippen LogP contribution in [0.5, 0.6) is 0 Å². The van der Waals surface area contributed by atoms with Gasteiger partial charge in [-0.15, -0.1) is 0 Å². The minimum absolute atomic E-state index is 0.00128. The molecule has 3 aliphatic rings. The smallest absolute Gasteiger partial charge is 0.252 e. The Morgan fingerprint density at radius 2 is 2.00 bits per heavy atom. The van der Waals surface area contributed by atoms with Gasteiger partial charge in [0.15, 0.2) is 5.60 Å². The Kier molecular flexibility index (Phi) is 3.65. The Labute approximate surface area is 135 Å². The average Bonchev–Trinajstić information content (AvgIpc) is 3.23. The Balaban J connectivity index is 1.68. The van der Waals surface area contributed by atoms with E-state index in [9.17, 15) is 9.18 Å². The van der Waals surface area contributed by atoms with Crippen molar-refractivity contribution in [3.63, 3.8) is 0 Å². The van der Waals surface area contributed by atoms with Gasteiger partial charge in [-0.3, -0.25) is 4.79 Å². The first-order valence-corrected chi connectivity index (χ1v) is 8.54. The molecule has 1 spiro atoms. The summed E-state index contributed by atoms with van der Waals surface area (Å²) in [5, 5.41) is 6.33. The second-order valence-electron chi connectivity index (χ2n) is 7.06. The highest BCUT2D eigenvalue weighted by molar-refractivity contribution is 5.91. The first-order chi connectivity index (χ1) is 11.2. The quantitative estimate of drug-likeness (QED) is 0.891. The summed E-state index contributed by atoms with van der Waals surface area (Å²) in [5.74, 6) is 0.213. The van der Waals surface area contributed by atoms with Crippen LogP contribution in [0.3, 0.4) is 0 Å². The lowest BCUT2D eigenvalue weighted by Crippen LogP contribution is -2.51. The van der Waals surface area contributed by atoms with Crippen LogP contribution in [0, 0.1) is 17.2 Å². The molecule has 1 aromatic rings. The number of nitrogens with one attached hydrogen (secondary N) is 2. The van der Waals surface area contributed by atoms with Gasteiger partial charge in [0.25, 0.3) is 5.91 Å². The molecule has 0 radical (unpaired) electrons. The van der Waals surface area contributed by atoms with Crippen LogP contribution in [0.1, 0.15) is 24.8 Å². The Bertz CT molecular complexity index is 617. The molecule has 2 saturated heterocycles. The van der Waals surface area contributed by atoms with Gasteiger partial charge in [0, 0.05) is 12.0 Å². The van der Waals surface area contributed by atoms with Crippen LogP contribution in [-0.4, -0.2) is 37.7 Å². The summed E-state index contributed by atoms with van der Waals surface area (Å²) in [6, 6.07) is 6.92. The predicted octanol–water partition coefficient (Wildman–Crippen LogP) is 1.64. The van der Waals surface area contributed by atoms with Gasteiger partial charge in [0.2, 0.25) is 0 Å². The largest absolute Gasteiger partial charge is 0.363 e. The maximum absolute atomic E-state index is 14.2. The molecule has 3 fully saturated rings. The number of ether oxygens (including phenoxy) is 1. The molecule has 2 unspecified atom stereocenters. The fraction of sp³-hybridized carbons (Fsp3) is 0.611. The van der Waals surface area contributed by atoms with Crippen molar-refractivity contribution in [3.05, 3.63) is 35.6 Å². The summed E-state index contributed by atoms with van der Waals surface area (Å²) >= 11 is 0. The number of piperidine rings is 1. The highest BCUT2D eigenvalue weighted by Gasteiger charge is 2.76. The molecule has 4 nitrogen and oxygen atoms in total. The molecule has 1 saturated carbocycles. The molecule has 4 rings (SSSR count). The maximum Gasteiger partial charge on any atom is 0.252 e. The van der Waals surface area contributed by atoms with Crippen molar-refractivity contribution in [2.24, 2.45) is 11.3 Å². The number of carbonyl (C=O) groups excluding carboxylic acids is 1. The summed E-state index contributed by atoms with van der Waals surface area (Å²) in [4.78, 5) is 12.6. The van der Waals surface area contributed by atoms with E-state index in [1.165, 1.54) is 6.07 Å². The standard InChI is InChI=1S/C18H23FN2O2/c19-15-4-2-1-3-13(15)11-17(14-5-7-20-8-6-14)12-18(17)16(22)21-9-10-23-18/h1-4,14,20H,5-12H2,(H,21,22). The third kappa shape index (κ3) is 2.29. The molecule has 124 valence electrons. The van der Waals surface area contributed by atoms with Gasteiger partial charge in [-0.05, 0) is 56.3 Å². The third-order valence-electron chi connectivity index (χ3n) is 5.93. The summed E-state index contributed by atoms with van der Waals surface area (Å²) in [6.45, 7) is 3.04. The molecule has 5 heteroatoms. The van der Waals surface area contributed by atoms with E-state index < -0.39 is 5.60 Å². The number of amides is 1. The number of hydrogen-bond donors (Lipinski definition) is 2. The summed E-state index contributed by atoms with van der Waals surface area (Å²) < 4.78 is 20.2. The molecule has 1 amide bonds. The maximum atomic E-state index is 14.2. The van der Waals surface area contributed by atoms with Crippen LogP contribution in [-0.2, 0) is 16.0 Å². The first-order valence-electron chi connectivity index (χ1n) is 8.54. The van der Waals surface area contributed by atoms with E-state index >= 15 is 0 Å². The van der Waals surface area contributed by atoms with Crippen molar-refractivity contribution in [1.82, 2.24) is 10.6 Å². The van der Waals surface area contributed by atoms with Gasteiger partial charge in [0.05, 0.1) is 6.61 Å². The van der Waals surface area contributed by atoms with Gasteiger partial charge >= 0.3 is 0 Å². The zero-order valence-electron chi connectivity index (χ0n) is 13.2. The highest BCUT2D eigenvalue weighted by Crippen LogP contribution is 2.67. The zero-order chi connectivity index (χ0) is 15.9. The topological polar surface area (TPSA) is 50.4 Å². The van der Waals surface area contributed by atoms with Crippen molar-refractivity contribution < 1.29 is 13.9 Å². The minimum Gasteiger partial charge on any atom is -0.363 e. The number of halogens is 1. The van der Waals surface area contributed by atoms with Crippen LogP contribution in [0.2, 0.25) is 0 Å². The SMILES string of the molecule is O=C1NCCOC12CC2(Cc1ccccc1F)C1CCNCC1. The molecule has 1 aromatic carbocycles. The molecule has 1 aliphatic carbocycles. The van der Waals surface area contributed by atoms with E-state index in [1.807, 2.05) is 12.1 Å². The molecule has 2 aliphatic heterocycles. The van der Waals surface area contributed by atoms with Gasteiger partial charge in [0.1, 0.15) is 5.82 Å². The van der Waals surface area contributed by atoms with Gasteiger partial charge in [-0.2, -0.15) is 0 Å². The molecule has 0 aromatic heterocycles. The highest BCUT2D eigenvalue weighted by atomic mass is 19.1. The number of hydrogen-bond acceptors (Lipinski definition) is 3. The summed E-state index contributed by atoms with van der Waals surface area (Å²) in [7, 11) is 0. The van der Waals surface area contributed by atoms with E-state index in [0.29, 0.717) is 37.5 Å². The van der Waals surface area contributed by atoms with Crippen LogP contribution in [0.4, 0.5) is 4.39 Å². The van der Waals surface area contributed by atoms with Crippen LogP contribution in [0.25, 0.3) is 0 Å². The van der Waals surface area contributed by atoms with Crippen molar-refractivity contribution >= 4 is 5.91 Å². The van der Waals surface area contributed by atoms with Gasteiger partial charge in [-0.25, -0.2) is 4.39 Å². The molecule has 23 heavy (non-hydrogen) atoms. The summed E-state index contributed by atoms with van der Waals surface area (Å²) in [6.07, 6.45) is 3.34. The van der Waals surface area contributed by atoms with Gasteiger partial charge < -0.3 is 15.4 Å². The minimum atomic E-state index is -0.741. The zero-order valence-corrected chi connectivity index (χ0v) is 13.2. The molecule has 2 N–H and O–H groups in total. The molecule has 2 atom stereocenters.